The Morgan fingerprint density at radius 3 is 2.89 bits per heavy atom. The van der Waals surface area contributed by atoms with E-state index in [1.165, 1.54) is 0 Å². The van der Waals surface area contributed by atoms with Gasteiger partial charge < -0.3 is 9.47 Å². The van der Waals surface area contributed by atoms with Crippen LogP contribution in [0.3, 0.4) is 0 Å². The molecule has 0 spiro atoms. The Morgan fingerprint density at radius 1 is 1.56 bits per heavy atom. The average molecular weight is 246 g/mol. The van der Waals surface area contributed by atoms with E-state index in [9.17, 15) is 4.79 Å². The highest BCUT2D eigenvalue weighted by molar-refractivity contribution is 6.05. The first-order valence-corrected chi connectivity index (χ1v) is 6.08. The van der Waals surface area contributed by atoms with E-state index < -0.39 is 0 Å². The van der Waals surface area contributed by atoms with E-state index in [2.05, 4.69) is 6.58 Å². The Balaban J connectivity index is 2.57. The van der Waals surface area contributed by atoms with E-state index >= 15 is 0 Å². The molecule has 1 aromatic rings. The van der Waals surface area contributed by atoms with Crippen LogP contribution in [-0.4, -0.2) is 19.5 Å². The molecule has 0 aromatic heterocycles. The number of methoxy groups -OCH3 is 1. The molecule has 1 aliphatic rings. The van der Waals surface area contributed by atoms with Crippen molar-refractivity contribution in [3.05, 3.63) is 35.4 Å². The first kappa shape index (κ1) is 12.7. The van der Waals surface area contributed by atoms with E-state index in [0.717, 1.165) is 23.3 Å². The van der Waals surface area contributed by atoms with E-state index in [1.54, 1.807) is 13.2 Å². The number of rotatable bonds is 4. The van der Waals surface area contributed by atoms with E-state index in [4.69, 9.17) is 9.47 Å². The molecule has 1 aromatic carbocycles. The molecular formula is C15H18O3. The topological polar surface area (TPSA) is 35.5 Å². The van der Waals surface area contributed by atoms with Gasteiger partial charge in [0, 0.05) is 11.5 Å². The minimum absolute atomic E-state index is 0.00165. The van der Waals surface area contributed by atoms with Crippen molar-refractivity contribution in [3.63, 3.8) is 0 Å². The average Bonchev–Trinajstić information content (AvgIpc) is 2.63. The maximum atomic E-state index is 12.2. The number of hydrogen-bond donors (Lipinski definition) is 0. The Morgan fingerprint density at radius 2 is 2.28 bits per heavy atom. The predicted molar refractivity (Wildman–Crippen MR) is 70.6 cm³/mol. The fraction of sp³-hybridized carbons (Fsp3) is 0.400. The van der Waals surface area contributed by atoms with Gasteiger partial charge in [0.05, 0.1) is 12.7 Å². The summed E-state index contributed by atoms with van der Waals surface area (Å²) in [6.45, 7) is 7.93. The van der Waals surface area contributed by atoms with Crippen LogP contribution in [0.5, 0.6) is 11.5 Å². The van der Waals surface area contributed by atoms with Gasteiger partial charge in [-0.3, -0.25) is 4.79 Å². The minimum atomic E-state index is 0.00165. The molecule has 0 bridgehead atoms. The zero-order chi connectivity index (χ0) is 13.3. The summed E-state index contributed by atoms with van der Waals surface area (Å²) in [5.74, 6) is 1.61. The minimum Gasteiger partial charge on any atom is -0.496 e. The van der Waals surface area contributed by atoms with Crippen LogP contribution in [0.25, 0.3) is 0 Å². The lowest BCUT2D eigenvalue weighted by Gasteiger charge is -2.14. The standard InChI is InChI=1S/C15H18O3/c1-5-6-18-12-8-10(3)15(17-4)11-7-9(2)14(16)13(11)12/h5,8-9H,1,6-7H2,2-4H3. The maximum absolute atomic E-state index is 12.2. The summed E-state index contributed by atoms with van der Waals surface area (Å²) < 4.78 is 11.0. The normalized spacial score (nSPS) is 17.5. The molecule has 2 rings (SSSR count). The van der Waals surface area contributed by atoms with Crippen molar-refractivity contribution in [2.75, 3.05) is 13.7 Å². The van der Waals surface area contributed by atoms with Crippen LogP contribution in [0.2, 0.25) is 0 Å². The van der Waals surface area contributed by atoms with Gasteiger partial charge in [0.25, 0.3) is 0 Å². The molecule has 0 heterocycles. The van der Waals surface area contributed by atoms with Crippen LogP contribution in [0.4, 0.5) is 0 Å². The molecule has 0 fully saturated rings. The molecule has 96 valence electrons. The molecule has 0 saturated heterocycles. The third-order valence-corrected chi connectivity index (χ3v) is 3.29. The number of Topliss-reactive ketones (excluding diaryl/α,β-unsaturated/α-hetero) is 1. The highest BCUT2D eigenvalue weighted by Crippen LogP contribution is 2.41. The van der Waals surface area contributed by atoms with Crippen molar-refractivity contribution in [2.45, 2.75) is 20.3 Å². The Kier molecular flexibility index (Phi) is 3.41. The van der Waals surface area contributed by atoms with Crippen molar-refractivity contribution < 1.29 is 14.3 Å². The highest BCUT2D eigenvalue weighted by Gasteiger charge is 2.33. The smallest absolute Gasteiger partial charge is 0.170 e. The predicted octanol–water partition coefficient (Wildman–Crippen LogP) is 2.94. The largest absolute Gasteiger partial charge is 0.496 e. The van der Waals surface area contributed by atoms with Crippen molar-refractivity contribution >= 4 is 5.78 Å². The quantitative estimate of drug-likeness (QED) is 0.766. The van der Waals surface area contributed by atoms with E-state index in [1.807, 2.05) is 19.9 Å². The van der Waals surface area contributed by atoms with E-state index in [-0.39, 0.29) is 11.7 Å². The molecule has 3 heteroatoms. The van der Waals surface area contributed by atoms with Crippen LogP contribution in [0, 0.1) is 12.8 Å². The second-order valence-electron chi connectivity index (χ2n) is 4.65. The van der Waals surface area contributed by atoms with Crippen LogP contribution in [-0.2, 0) is 6.42 Å². The summed E-state index contributed by atoms with van der Waals surface area (Å²) in [5.41, 5.74) is 2.66. The van der Waals surface area contributed by atoms with Gasteiger partial charge in [-0.15, -0.1) is 0 Å². The third-order valence-electron chi connectivity index (χ3n) is 3.29. The van der Waals surface area contributed by atoms with Gasteiger partial charge in [0.2, 0.25) is 0 Å². The third kappa shape index (κ3) is 1.90. The van der Waals surface area contributed by atoms with Gasteiger partial charge in [-0.25, -0.2) is 0 Å². The van der Waals surface area contributed by atoms with Crippen molar-refractivity contribution in [3.8, 4) is 11.5 Å². The lowest BCUT2D eigenvalue weighted by molar-refractivity contribution is 0.0943. The molecule has 0 N–H and O–H groups in total. The second kappa shape index (κ2) is 4.84. The molecule has 0 saturated carbocycles. The molecular weight excluding hydrogens is 228 g/mol. The molecule has 0 radical (unpaired) electrons. The number of carbonyl (C=O) groups excluding carboxylic acids is 1. The number of benzene rings is 1. The van der Waals surface area contributed by atoms with Crippen LogP contribution < -0.4 is 9.47 Å². The van der Waals surface area contributed by atoms with Gasteiger partial charge in [-0.05, 0) is 25.0 Å². The number of fused-ring (bicyclic) bond motifs is 1. The van der Waals surface area contributed by atoms with Crippen LogP contribution in [0.1, 0.15) is 28.4 Å². The number of carbonyl (C=O) groups is 1. The first-order valence-electron chi connectivity index (χ1n) is 6.08. The molecule has 1 atom stereocenters. The number of hydrogen-bond acceptors (Lipinski definition) is 3. The zero-order valence-corrected chi connectivity index (χ0v) is 11.1. The summed E-state index contributed by atoms with van der Waals surface area (Å²) in [4.78, 5) is 12.2. The summed E-state index contributed by atoms with van der Waals surface area (Å²) >= 11 is 0. The zero-order valence-electron chi connectivity index (χ0n) is 11.1. The molecule has 1 aliphatic carbocycles. The Labute approximate surface area is 107 Å². The maximum Gasteiger partial charge on any atom is 0.170 e. The second-order valence-corrected chi connectivity index (χ2v) is 4.65. The SMILES string of the molecule is C=CCOc1cc(C)c(OC)c2c1C(=O)C(C)C2. The number of ketones is 1. The summed E-state index contributed by atoms with van der Waals surface area (Å²) in [7, 11) is 1.64. The highest BCUT2D eigenvalue weighted by atomic mass is 16.5. The summed E-state index contributed by atoms with van der Waals surface area (Å²) in [6.07, 6.45) is 2.40. The number of ether oxygens (including phenoxy) is 2. The fourth-order valence-electron chi connectivity index (χ4n) is 2.49. The van der Waals surface area contributed by atoms with Crippen molar-refractivity contribution in [2.24, 2.45) is 5.92 Å². The summed E-state index contributed by atoms with van der Waals surface area (Å²) in [6, 6.07) is 1.87. The van der Waals surface area contributed by atoms with Gasteiger partial charge in [0.15, 0.2) is 5.78 Å². The monoisotopic (exact) mass is 246 g/mol. The Hall–Kier alpha value is -1.77. The van der Waals surface area contributed by atoms with Crippen LogP contribution in [0.15, 0.2) is 18.7 Å². The summed E-state index contributed by atoms with van der Waals surface area (Å²) in [5, 5.41) is 0. The molecule has 0 aliphatic heterocycles. The molecule has 0 amide bonds. The first-order chi connectivity index (χ1) is 8.60. The molecule has 18 heavy (non-hydrogen) atoms. The lowest BCUT2D eigenvalue weighted by Crippen LogP contribution is -2.06. The molecule has 1 unspecified atom stereocenters. The van der Waals surface area contributed by atoms with E-state index in [0.29, 0.717) is 17.9 Å². The van der Waals surface area contributed by atoms with Gasteiger partial charge in [0.1, 0.15) is 18.1 Å². The van der Waals surface area contributed by atoms with Crippen molar-refractivity contribution in [1.82, 2.24) is 0 Å². The van der Waals surface area contributed by atoms with Crippen LogP contribution >= 0.6 is 0 Å². The molecule has 3 nitrogen and oxygen atoms in total. The number of aryl methyl sites for hydroxylation is 1. The fourth-order valence-corrected chi connectivity index (χ4v) is 2.49. The Bertz CT molecular complexity index is 503. The van der Waals surface area contributed by atoms with Gasteiger partial charge >= 0.3 is 0 Å². The van der Waals surface area contributed by atoms with Gasteiger partial charge in [-0.1, -0.05) is 19.6 Å². The van der Waals surface area contributed by atoms with Gasteiger partial charge in [-0.2, -0.15) is 0 Å². The lowest BCUT2D eigenvalue weighted by atomic mass is 10.0. The van der Waals surface area contributed by atoms with Crippen molar-refractivity contribution in [1.29, 1.82) is 0 Å².